The third-order valence-corrected chi connectivity index (χ3v) is 3.35. The van der Waals surface area contributed by atoms with Gasteiger partial charge in [-0.1, -0.05) is 30.3 Å². The fraction of sp³-hybridized carbons (Fsp3) is 0.278. The fourth-order valence-electron chi connectivity index (χ4n) is 2.13. The number of ether oxygens (including phenoxy) is 1. The van der Waals surface area contributed by atoms with Crippen molar-refractivity contribution in [2.75, 3.05) is 13.2 Å². The summed E-state index contributed by atoms with van der Waals surface area (Å²) in [5.41, 5.74) is 1.11. The first-order valence-electron chi connectivity index (χ1n) is 7.39. The topological polar surface area (TPSA) is 29.5 Å². The molecule has 0 radical (unpaired) electrons. The van der Waals surface area contributed by atoms with Gasteiger partial charge in [0, 0.05) is 13.1 Å². The van der Waals surface area contributed by atoms with Crippen molar-refractivity contribution in [1.82, 2.24) is 4.90 Å². The number of carbonyl (C=O) groups is 1. The zero-order valence-electron chi connectivity index (χ0n) is 12.7. The summed E-state index contributed by atoms with van der Waals surface area (Å²) in [5, 5.41) is 0. The normalized spacial score (nSPS) is 10.3. The quantitative estimate of drug-likeness (QED) is 0.781. The summed E-state index contributed by atoms with van der Waals surface area (Å²) in [7, 11) is 0. The maximum Gasteiger partial charge on any atom is 0.226 e. The molecule has 0 heterocycles. The molecule has 2 rings (SSSR count). The highest BCUT2D eigenvalue weighted by Crippen LogP contribution is 2.12. The van der Waals surface area contributed by atoms with E-state index in [1.54, 1.807) is 17.0 Å². The Morgan fingerprint density at radius 2 is 1.77 bits per heavy atom. The first kappa shape index (κ1) is 16.0. The summed E-state index contributed by atoms with van der Waals surface area (Å²) in [6.07, 6.45) is 0.304. The van der Waals surface area contributed by atoms with Gasteiger partial charge in [0.05, 0.1) is 13.0 Å². The summed E-state index contributed by atoms with van der Waals surface area (Å²) in [6, 6.07) is 15.7. The second-order valence-electron chi connectivity index (χ2n) is 4.95. The lowest BCUT2D eigenvalue weighted by atomic mass is 10.2. The Bertz CT molecular complexity index is 584. The molecular formula is C18H20FNO2. The van der Waals surface area contributed by atoms with Crippen molar-refractivity contribution in [2.45, 2.75) is 19.9 Å². The molecule has 0 aliphatic heterocycles. The van der Waals surface area contributed by atoms with Crippen molar-refractivity contribution < 1.29 is 13.9 Å². The van der Waals surface area contributed by atoms with Gasteiger partial charge in [-0.15, -0.1) is 0 Å². The summed E-state index contributed by atoms with van der Waals surface area (Å²) >= 11 is 0. The van der Waals surface area contributed by atoms with Gasteiger partial charge >= 0.3 is 0 Å². The predicted molar refractivity (Wildman–Crippen MR) is 84.0 cm³/mol. The molecule has 0 N–H and O–H groups in total. The zero-order valence-corrected chi connectivity index (χ0v) is 12.7. The lowest BCUT2D eigenvalue weighted by molar-refractivity contribution is -0.132. The molecule has 116 valence electrons. The lowest BCUT2D eigenvalue weighted by Gasteiger charge is -2.21. The van der Waals surface area contributed by atoms with Gasteiger partial charge in [-0.2, -0.15) is 0 Å². The van der Waals surface area contributed by atoms with Crippen LogP contribution in [0.15, 0.2) is 54.6 Å². The Balaban J connectivity index is 1.80. The number of halogens is 1. The van der Waals surface area contributed by atoms with E-state index in [0.717, 1.165) is 5.56 Å². The standard InChI is InChI=1S/C18H20FNO2/c1-2-20(14-15-6-4-3-5-7-15)18(21)12-13-22-17-10-8-16(19)9-11-17/h3-11H,2,12-14H2,1H3. The van der Waals surface area contributed by atoms with Crippen LogP contribution in [-0.4, -0.2) is 24.0 Å². The highest BCUT2D eigenvalue weighted by Gasteiger charge is 2.12. The van der Waals surface area contributed by atoms with E-state index < -0.39 is 0 Å². The van der Waals surface area contributed by atoms with Crippen molar-refractivity contribution in [3.8, 4) is 5.75 Å². The molecule has 22 heavy (non-hydrogen) atoms. The molecule has 0 spiro atoms. The van der Waals surface area contributed by atoms with Gasteiger partial charge in [0.2, 0.25) is 5.91 Å². The average Bonchev–Trinajstić information content (AvgIpc) is 2.55. The van der Waals surface area contributed by atoms with Crippen molar-refractivity contribution in [2.24, 2.45) is 0 Å². The highest BCUT2D eigenvalue weighted by atomic mass is 19.1. The Morgan fingerprint density at radius 1 is 1.09 bits per heavy atom. The van der Waals surface area contributed by atoms with Crippen LogP contribution in [-0.2, 0) is 11.3 Å². The van der Waals surface area contributed by atoms with E-state index in [1.807, 2.05) is 37.3 Å². The molecule has 3 nitrogen and oxygen atoms in total. The van der Waals surface area contributed by atoms with Crippen molar-refractivity contribution >= 4 is 5.91 Å². The molecule has 1 amide bonds. The molecule has 0 atom stereocenters. The second-order valence-corrected chi connectivity index (χ2v) is 4.95. The molecule has 2 aromatic rings. The van der Waals surface area contributed by atoms with E-state index in [4.69, 9.17) is 4.74 Å². The van der Waals surface area contributed by atoms with E-state index in [0.29, 0.717) is 25.3 Å². The van der Waals surface area contributed by atoms with Gasteiger partial charge in [-0.3, -0.25) is 4.79 Å². The Morgan fingerprint density at radius 3 is 2.41 bits per heavy atom. The van der Waals surface area contributed by atoms with E-state index in [1.165, 1.54) is 12.1 Å². The van der Waals surface area contributed by atoms with Gasteiger partial charge in [-0.05, 0) is 36.8 Å². The maximum absolute atomic E-state index is 12.8. The summed E-state index contributed by atoms with van der Waals surface area (Å²) in [5.74, 6) is 0.317. The third kappa shape index (κ3) is 4.88. The second kappa shape index (κ2) is 8.17. The predicted octanol–water partition coefficient (Wildman–Crippen LogP) is 3.64. The zero-order chi connectivity index (χ0) is 15.8. The molecule has 0 fully saturated rings. The minimum Gasteiger partial charge on any atom is -0.493 e. The molecular weight excluding hydrogens is 281 g/mol. The average molecular weight is 301 g/mol. The van der Waals surface area contributed by atoms with Gasteiger partial charge < -0.3 is 9.64 Å². The Kier molecular flexibility index (Phi) is 5.95. The van der Waals surface area contributed by atoms with Crippen molar-refractivity contribution in [3.63, 3.8) is 0 Å². The third-order valence-electron chi connectivity index (χ3n) is 3.35. The van der Waals surface area contributed by atoms with Gasteiger partial charge in [0.15, 0.2) is 0 Å². The number of amides is 1. The first-order chi connectivity index (χ1) is 10.7. The van der Waals surface area contributed by atoms with E-state index >= 15 is 0 Å². The van der Waals surface area contributed by atoms with E-state index in [-0.39, 0.29) is 18.3 Å². The molecule has 0 unspecified atom stereocenters. The number of nitrogens with zero attached hydrogens (tertiary/aromatic N) is 1. The van der Waals surface area contributed by atoms with Crippen molar-refractivity contribution in [3.05, 3.63) is 66.0 Å². The van der Waals surface area contributed by atoms with E-state index in [2.05, 4.69) is 0 Å². The molecule has 0 aliphatic carbocycles. The molecule has 0 bridgehead atoms. The monoisotopic (exact) mass is 301 g/mol. The molecule has 0 aliphatic rings. The molecule has 4 heteroatoms. The number of hydrogen-bond acceptors (Lipinski definition) is 2. The lowest BCUT2D eigenvalue weighted by Crippen LogP contribution is -2.31. The van der Waals surface area contributed by atoms with Crippen LogP contribution in [0, 0.1) is 5.82 Å². The van der Waals surface area contributed by atoms with Crippen LogP contribution in [0.1, 0.15) is 18.9 Å². The molecule has 2 aromatic carbocycles. The summed E-state index contributed by atoms with van der Waals surface area (Å²) < 4.78 is 18.2. The number of benzene rings is 2. The fourth-order valence-corrected chi connectivity index (χ4v) is 2.13. The SMILES string of the molecule is CCN(Cc1ccccc1)C(=O)CCOc1ccc(F)cc1. The first-order valence-corrected chi connectivity index (χ1v) is 7.39. The molecule has 0 aromatic heterocycles. The van der Waals surface area contributed by atoms with Crippen LogP contribution < -0.4 is 4.74 Å². The van der Waals surface area contributed by atoms with Crippen LogP contribution in [0.4, 0.5) is 4.39 Å². The summed E-state index contributed by atoms with van der Waals surface area (Å²) in [4.78, 5) is 14.0. The van der Waals surface area contributed by atoms with Gasteiger partial charge in [0.1, 0.15) is 11.6 Å². The smallest absolute Gasteiger partial charge is 0.226 e. The summed E-state index contributed by atoms with van der Waals surface area (Å²) in [6.45, 7) is 3.51. The van der Waals surface area contributed by atoms with Crippen LogP contribution in [0.2, 0.25) is 0 Å². The Labute approximate surface area is 130 Å². The number of rotatable bonds is 7. The van der Waals surface area contributed by atoms with Crippen LogP contribution in [0.3, 0.4) is 0 Å². The largest absolute Gasteiger partial charge is 0.493 e. The van der Waals surface area contributed by atoms with Crippen LogP contribution in [0.5, 0.6) is 5.75 Å². The number of hydrogen-bond donors (Lipinski definition) is 0. The maximum atomic E-state index is 12.8. The number of carbonyl (C=O) groups excluding carboxylic acids is 1. The Hall–Kier alpha value is -2.36. The highest BCUT2D eigenvalue weighted by molar-refractivity contribution is 5.76. The minimum absolute atomic E-state index is 0.0495. The van der Waals surface area contributed by atoms with Gasteiger partial charge in [-0.25, -0.2) is 4.39 Å². The molecule has 0 saturated heterocycles. The van der Waals surface area contributed by atoms with E-state index in [9.17, 15) is 9.18 Å². The van der Waals surface area contributed by atoms with Crippen molar-refractivity contribution in [1.29, 1.82) is 0 Å². The van der Waals surface area contributed by atoms with Gasteiger partial charge in [0.25, 0.3) is 0 Å². The minimum atomic E-state index is -0.302. The molecule has 0 saturated carbocycles. The van der Waals surface area contributed by atoms with Crippen LogP contribution in [0.25, 0.3) is 0 Å². The van der Waals surface area contributed by atoms with Crippen LogP contribution >= 0.6 is 0 Å².